The van der Waals surface area contributed by atoms with Gasteiger partial charge in [0.05, 0.1) is 12.7 Å². The van der Waals surface area contributed by atoms with Crippen molar-refractivity contribution in [2.24, 2.45) is 0 Å². The lowest BCUT2D eigenvalue weighted by Crippen LogP contribution is -2.63. The lowest BCUT2D eigenvalue weighted by molar-refractivity contribution is -0.203. The fourth-order valence-corrected chi connectivity index (χ4v) is 1.08. The Bertz CT molecular complexity index is 360. The molecule has 0 rings (SSSR count). The number of alkyl halides is 3. The summed E-state index contributed by atoms with van der Waals surface area (Å²) in [5, 5.41) is 10.1. The molecular weight excluding hydrogens is 281 g/mol. The predicted molar refractivity (Wildman–Crippen MR) is 64.3 cm³/mol. The summed E-state index contributed by atoms with van der Waals surface area (Å²) in [6.07, 6.45) is -5.19. The van der Waals surface area contributed by atoms with E-state index in [-0.39, 0.29) is 19.3 Å². The van der Waals surface area contributed by atoms with Crippen molar-refractivity contribution in [1.29, 1.82) is 0 Å². The van der Waals surface area contributed by atoms with Crippen LogP contribution in [0.2, 0.25) is 0 Å². The van der Waals surface area contributed by atoms with E-state index in [1.54, 1.807) is 13.8 Å². The fourth-order valence-electron chi connectivity index (χ4n) is 1.08. The number of carboxylic acid groups (broad SMARTS) is 1. The molecule has 0 aromatic heterocycles. The van der Waals surface area contributed by atoms with Gasteiger partial charge in [0, 0.05) is 13.6 Å². The molecule has 9 heteroatoms. The number of carbonyl (C=O) groups is 2. The molecule has 0 radical (unpaired) electrons. The van der Waals surface area contributed by atoms with E-state index in [0.717, 1.165) is 4.90 Å². The lowest BCUT2D eigenvalue weighted by Gasteiger charge is -2.30. The molecule has 0 aromatic carbocycles. The molecule has 2 N–H and O–H groups in total. The second kappa shape index (κ2) is 6.78. The maximum Gasteiger partial charge on any atom is 0.422 e. The van der Waals surface area contributed by atoms with Crippen molar-refractivity contribution >= 4 is 12.0 Å². The summed E-state index contributed by atoms with van der Waals surface area (Å²) in [6.45, 7) is 4.11. The van der Waals surface area contributed by atoms with E-state index >= 15 is 0 Å². The number of halogens is 3. The van der Waals surface area contributed by atoms with E-state index in [4.69, 9.17) is 9.84 Å². The average molecular weight is 300 g/mol. The van der Waals surface area contributed by atoms with Crippen molar-refractivity contribution in [2.75, 3.05) is 20.2 Å². The highest BCUT2D eigenvalue weighted by atomic mass is 19.4. The van der Waals surface area contributed by atoms with Crippen molar-refractivity contribution in [3.8, 4) is 0 Å². The minimum atomic E-state index is -5.11. The molecule has 20 heavy (non-hydrogen) atoms. The van der Waals surface area contributed by atoms with Gasteiger partial charge in [0.1, 0.15) is 0 Å². The number of aliphatic carboxylic acids is 1. The molecule has 0 heterocycles. The van der Waals surface area contributed by atoms with Gasteiger partial charge in [-0.3, -0.25) is 0 Å². The summed E-state index contributed by atoms with van der Waals surface area (Å²) in [5.41, 5.74) is -3.34. The number of amides is 2. The van der Waals surface area contributed by atoms with E-state index in [9.17, 15) is 22.8 Å². The third kappa shape index (κ3) is 4.87. The van der Waals surface area contributed by atoms with Crippen LogP contribution < -0.4 is 5.32 Å². The molecule has 0 bridgehead atoms. The van der Waals surface area contributed by atoms with Crippen LogP contribution in [0.4, 0.5) is 18.0 Å². The van der Waals surface area contributed by atoms with Gasteiger partial charge in [0.2, 0.25) is 5.54 Å². The first-order chi connectivity index (χ1) is 8.91. The number of ether oxygens (including phenoxy) is 1. The number of carbonyl (C=O) groups excluding carboxylic acids is 1. The van der Waals surface area contributed by atoms with E-state index in [1.807, 2.05) is 0 Å². The fraction of sp³-hybridized carbons (Fsp3) is 0.818. The molecule has 118 valence electrons. The van der Waals surface area contributed by atoms with E-state index in [0.29, 0.717) is 6.92 Å². The van der Waals surface area contributed by atoms with Crippen molar-refractivity contribution in [3.63, 3.8) is 0 Å². The van der Waals surface area contributed by atoms with Crippen molar-refractivity contribution < 1.29 is 32.6 Å². The molecule has 0 fully saturated rings. The Kier molecular flexibility index (Phi) is 6.27. The standard InChI is InChI=1S/C11H19F3N2O4/c1-7(2)20-6-5-16(4)9(19)15-10(3,8(17)18)11(12,13)14/h7H,5-6H2,1-4H3,(H,15,19)(H,17,18). The summed E-state index contributed by atoms with van der Waals surface area (Å²) in [6, 6.07) is -1.14. The number of nitrogens with one attached hydrogen (secondary N) is 1. The zero-order valence-corrected chi connectivity index (χ0v) is 11.7. The van der Waals surface area contributed by atoms with Crippen molar-refractivity contribution in [2.45, 2.75) is 38.6 Å². The Morgan fingerprint density at radius 3 is 2.20 bits per heavy atom. The summed E-state index contributed by atoms with van der Waals surface area (Å²) in [5.74, 6) is -2.18. The van der Waals surface area contributed by atoms with E-state index < -0.39 is 23.7 Å². The Morgan fingerprint density at radius 1 is 1.35 bits per heavy atom. The molecule has 2 amide bonds. The largest absolute Gasteiger partial charge is 0.479 e. The van der Waals surface area contributed by atoms with Gasteiger partial charge < -0.3 is 20.1 Å². The van der Waals surface area contributed by atoms with E-state index in [1.165, 1.54) is 12.4 Å². The maximum atomic E-state index is 12.7. The number of likely N-dealkylation sites (N-methyl/N-ethyl adjacent to an activating group) is 1. The highest BCUT2D eigenvalue weighted by molar-refractivity contribution is 5.86. The average Bonchev–Trinajstić information content (AvgIpc) is 2.26. The molecular formula is C11H19F3N2O4. The van der Waals surface area contributed by atoms with E-state index in [2.05, 4.69) is 0 Å². The Morgan fingerprint density at radius 2 is 1.85 bits per heavy atom. The molecule has 6 nitrogen and oxygen atoms in total. The summed E-state index contributed by atoms with van der Waals surface area (Å²) >= 11 is 0. The summed E-state index contributed by atoms with van der Waals surface area (Å²) in [4.78, 5) is 23.3. The molecule has 0 aliphatic carbocycles. The minimum Gasteiger partial charge on any atom is -0.479 e. The quantitative estimate of drug-likeness (QED) is 0.778. The lowest BCUT2D eigenvalue weighted by atomic mass is 10.0. The van der Waals surface area contributed by atoms with Gasteiger partial charge in [-0.1, -0.05) is 0 Å². The predicted octanol–water partition coefficient (Wildman–Crippen LogP) is 1.46. The molecule has 1 atom stereocenters. The third-order valence-corrected chi connectivity index (χ3v) is 2.58. The van der Waals surface area contributed by atoms with Crippen molar-refractivity contribution in [3.05, 3.63) is 0 Å². The van der Waals surface area contributed by atoms with Crippen LogP contribution in [0.5, 0.6) is 0 Å². The topological polar surface area (TPSA) is 78.9 Å². The van der Waals surface area contributed by atoms with Gasteiger partial charge in [0.25, 0.3) is 0 Å². The maximum absolute atomic E-state index is 12.7. The zero-order chi connectivity index (χ0) is 16.1. The Labute approximate surface area is 114 Å². The molecule has 0 saturated heterocycles. The van der Waals surface area contributed by atoms with Crippen LogP contribution in [0.25, 0.3) is 0 Å². The van der Waals surface area contributed by atoms with Crippen molar-refractivity contribution in [1.82, 2.24) is 10.2 Å². The first-order valence-corrected chi connectivity index (χ1v) is 5.86. The second-order valence-corrected chi connectivity index (χ2v) is 4.70. The van der Waals surface area contributed by atoms with Gasteiger partial charge in [-0.25, -0.2) is 9.59 Å². The number of nitrogens with zero attached hydrogens (tertiary/aromatic N) is 1. The normalized spacial score (nSPS) is 14.8. The molecule has 0 aromatic rings. The highest BCUT2D eigenvalue weighted by Crippen LogP contribution is 2.30. The van der Waals surface area contributed by atoms with Crippen LogP contribution >= 0.6 is 0 Å². The van der Waals surface area contributed by atoms with Gasteiger partial charge in [0.15, 0.2) is 0 Å². The summed E-state index contributed by atoms with van der Waals surface area (Å²) in [7, 11) is 1.25. The first-order valence-electron chi connectivity index (χ1n) is 5.86. The smallest absolute Gasteiger partial charge is 0.422 e. The van der Waals surface area contributed by atoms with Gasteiger partial charge in [-0.2, -0.15) is 13.2 Å². The molecule has 0 spiro atoms. The van der Waals surface area contributed by atoms with Crippen LogP contribution in [0, 0.1) is 0 Å². The van der Waals surface area contributed by atoms with Crippen LogP contribution in [-0.2, 0) is 9.53 Å². The first kappa shape index (κ1) is 18.5. The minimum absolute atomic E-state index is 0.0393. The Hall–Kier alpha value is -1.51. The Balaban J connectivity index is 4.67. The number of hydrogen-bond acceptors (Lipinski definition) is 3. The van der Waals surface area contributed by atoms with Gasteiger partial charge in [-0.15, -0.1) is 0 Å². The van der Waals surface area contributed by atoms with Gasteiger partial charge >= 0.3 is 18.2 Å². The number of urea groups is 1. The SMILES string of the molecule is CC(C)OCCN(C)C(=O)NC(C)(C(=O)O)C(F)(F)F. The second-order valence-electron chi connectivity index (χ2n) is 4.70. The monoisotopic (exact) mass is 300 g/mol. The van der Waals surface area contributed by atoms with Crippen LogP contribution in [0.1, 0.15) is 20.8 Å². The molecule has 0 aliphatic heterocycles. The zero-order valence-electron chi connectivity index (χ0n) is 11.7. The number of rotatable bonds is 6. The summed E-state index contributed by atoms with van der Waals surface area (Å²) < 4.78 is 43.2. The van der Waals surface area contributed by atoms with Crippen LogP contribution in [0.15, 0.2) is 0 Å². The molecule has 1 unspecified atom stereocenters. The van der Waals surface area contributed by atoms with Gasteiger partial charge in [-0.05, 0) is 20.8 Å². The molecule has 0 saturated carbocycles. The number of carboxylic acids is 1. The molecule has 0 aliphatic rings. The van der Waals surface area contributed by atoms with Crippen LogP contribution in [0.3, 0.4) is 0 Å². The number of hydrogen-bond donors (Lipinski definition) is 2. The van der Waals surface area contributed by atoms with Crippen LogP contribution in [-0.4, -0.2) is 60.0 Å². The third-order valence-electron chi connectivity index (χ3n) is 2.58. The highest BCUT2D eigenvalue weighted by Gasteiger charge is 2.58.